The average Bonchev–Trinajstić information content (AvgIpc) is 3.15. The normalized spacial score (nSPS) is 26.3. The SMILES string of the molecule is Cc1ccc(C2(C)NC(=O)N(CC(=O)N3CCCC3CN)C2=O)cc1. The number of nitrogens with zero attached hydrogens (tertiary/aromatic N) is 2. The Bertz CT molecular complexity index is 703. The molecule has 3 N–H and O–H groups in total. The zero-order chi connectivity index (χ0) is 18.2. The first-order valence-corrected chi connectivity index (χ1v) is 8.57. The van der Waals surface area contributed by atoms with Crippen LogP contribution in [0.2, 0.25) is 0 Å². The van der Waals surface area contributed by atoms with Gasteiger partial charge in [0.25, 0.3) is 5.91 Å². The highest BCUT2D eigenvalue weighted by Crippen LogP contribution is 2.29. The van der Waals surface area contributed by atoms with E-state index >= 15 is 0 Å². The maximum Gasteiger partial charge on any atom is 0.325 e. The van der Waals surface area contributed by atoms with E-state index in [4.69, 9.17) is 5.73 Å². The Balaban J connectivity index is 1.77. The molecular formula is C18H24N4O3. The largest absolute Gasteiger partial charge is 0.337 e. The Morgan fingerprint density at radius 3 is 2.64 bits per heavy atom. The molecule has 0 saturated carbocycles. The number of nitrogens with one attached hydrogen (secondary N) is 1. The van der Waals surface area contributed by atoms with E-state index in [0.29, 0.717) is 18.7 Å². The number of nitrogens with two attached hydrogens (primary N) is 1. The zero-order valence-corrected chi connectivity index (χ0v) is 14.6. The molecule has 0 aromatic heterocycles. The molecule has 1 aromatic rings. The highest BCUT2D eigenvalue weighted by atomic mass is 16.2. The fraction of sp³-hybridized carbons (Fsp3) is 0.500. The third-order valence-corrected chi connectivity index (χ3v) is 5.17. The van der Waals surface area contributed by atoms with E-state index in [9.17, 15) is 14.4 Å². The minimum absolute atomic E-state index is 0.00301. The molecule has 1 aromatic carbocycles. The first kappa shape index (κ1) is 17.4. The van der Waals surface area contributed by atoms with Gasteiger partial charge >= 0.3 is 6.03 Å². The van der Waals surface area contributed by atoms with E-state index in [-0.39, 0.29) is 18.5 Å². The first-order valence-electron chi connectivity index (χ1n) is 8.57. The number of aryl methyl sites for hydroxylation is 1. The Labute approximate surface area is 147 Å². The minimum atomic E-state index is -1.15. The summed E-state index contributed by atoms with van der Waals surface area (Å²) < 4.78 is 0. The fourth-order valence-corrected chi connectivity index (χ4v) is 3.56. The lowest BCUT2D eigenvalue weighted by Gasteiger charge is -2.26. The van der Waals surface area contributed by atoms with Crippen LogP contribution in [0.4, 0.5) is 4.79 Å². The summed E-state index contributed by atoms with van der Waals surface area (Å²) in [6.45, 7) is 4.39. The van der Waals surface area contributed by atoms with Crippen LogP contribution in [-0.4, -0.2) is 53.3 Å². The second-order valence-electron chi connectivity index (χ2n) is 6.93. The first-order chi connectivity index (χ1) is 11.9. The molecule has 4 amide bonds. The molecule has 3 rings (SSSR count). The molecule has 0 bridgehead atoms. The van der Waals surface area contributed by atoms with Crippen molar-refractivity contribution in [3.63, 3.8) is 0 Å². The standard InChI is InChI=1S/C18H24N4O3/c1-12-5-7-13(8-6-12)18(2)16(24)22(17(25)20-18)11-15(23)21-9-3-4-14(21)10-19/h5-8,14H,3-4,9-11,19H2,1-2H3,(H,20,25). The Kier molecular flexibility index (Phi) is 4.51. The molecule has 2 atom stereocenters. The monoisotopic (exact) mass is 344 g/mol. The van der Waals surface area contributed by atoms with Crippen LogP contribution < -0.4 is 11.1 Å². The van der Waals surface area contributed by atoms with Gasteiger partial charge in [-0.15, -0.1) is 0 Å². The highest BCUT2D eigenvalue weighted by molar-refractivity contribution is 6.09. The number of rotatable bonds is 4. The van der Waals surface area contributed by atoms with Gasteiger partial charge in [0.15, 0.2) is 0 Å². The molecule has 0 aliphatic carbocycles. The van der Waals surface area contributed by atoms with E-state index in [1.807, 2.05) is 31.2 Å². The number of imide groups is 1. The summed E-state index contributed by atoms with van der Waals surface area (Å²) in [7, 11) is 0. The summed E-state index contributed by atoms with van der Waals surface area (Å²) in [5.74, 6) is -0.636. The molecule has 0 spiro atoms. The van der Waals surface area contributed by atoms with E-state index in [0.717, 1.165) is 23.3 Å². The minimum Gasteiger partial charge on any atom is -0.337 e. The number of urea groups is 1. The maximum atomic E-state index is 12.9. The number of amides is 4. The molecule has 2 saturated heterocycles. The average molecular weight is 344 g/mol. The molecule has 7 nitrogen and oxygen atoms in total. The molecule has 7 heteroatoms. The van der Waals surface area contributed by atoms with Crippen LogP contribution in [0.15, 0.2) is 24.3 Å². The van der Waals surface area contributed by atoms with Crippen molar-refractivity contribution < 1.29 is 14.4 Å². The van der Waals surface area contributed by atoms with Gasteiger partial charge in [-0.1, -0.05) is 29.8 Å². The Hall–Kier alpha value is -2.41. The van der Waals surface area contributed by atoms with Crippen molar-refractivity contribution in [3.8, 4) is 0 Å². The van der Waals surface area contributed by atoms with Crippen molar-refractivity contribution in [1.29, 1.82) is 0 Å². The van der Waals surface area contributed by atoms with Crippen molar-refractivity contribution in [3.05, 3.63) is 35.4 Å². The lowest BCUT2D eigenvalue weighted by atomic mass is 9.91. The van der Waals surface area contributed by atoms with E-state index in [1.165, 1.54) is 0 Å². The van der Waals surface area contributed by atoms with Gasteiger partial charge in [0, 0.05) is 19.1 Å². The molecule has 0 radical (unpaired) electrons. The predicted molar refractivity (Wildman–Crippen MR) is 92.6 cm³/mol. The van der Waals surface area contributed by atoms with Crippen molar-refractivity contribution >= 4 is 17.8 Å². The molecule has 134 valence electrons. The van der Waals surface area contributed by atoms with E-state index in [2.05, 4.69) is 5.32 Å². The summed E-state index contributed by atoms with van der Waals surface area (Å²) in [6, 6.07) is 6.89. The van der Waals surface area contributed by atoms with Gasteiger partial charge in [-0.3, -0.25) is 14.5 Å². The molecule has 2 heterocycles. The summed E-state index contributed by atoms with van der Waals surface area (Å²) in [6.07, 6.45) is 1.76. The summed E-state index contributed by atoms with van der Waals surface area (Å²) >= 11 is 0. The molecular weight excluding hydrogens is 320 g/mol. The number of carbonyl (C=O) groups is 3. The lowest BCUT2D eigenvalue weighted by Crippen LogP contribution is -2.47. The van der Waals surface area contributed by atoms with Crippen LogP contribution in [0.25, 0.3) is 0 Å². The smallest absolute Gasteiger partial charge is 0.325 e. The number of hydrogen-bond acceptors (Lipinski definition) is 4. The quantitative estimate of drug-likeness (QED) is 0.787. The summed E-state index contributed by atoms with van der Waals surface area (Å²) in [4.78, 5) is 40.5. The van der Waals surface area contributed by atoms with Gasteiger partial charge in [0.2, 0.25) is 5.91 Å². The van der Waals surface area contributed by atoms with Crippen LogP contribution in [0, 0.1) is 6.92 Å². The molecule has 25 heavy (non-hydrogen) atoms. The van der Waals surface area contributed by atoms with Crippen LogP contribution in [0.3, 0.4) is 0 Å². The topological polar surface area (TPSA) is 95.7 Å². The van der Waals surface area contributed by atoms with E-state index < -0.39 is 17.5 Å². The number of benzene rings is 1. The molecule has 2 fully saturated rings. The second kappa shape index (κ2) is 6.48. The van der Waals surface area contributed by atoms with E-state index in [1.54, 1.807) is 11.8 Å². The van der Waals surface area contributed by atoms with Gasteiger partial charge in [-0.05, 0) is 32.3 Å². The summed E-state index contributed by atoms with van der Waals surface area (Å²) in [5, 5.41) is 2.73. The van der Waals surface area contributed by atoms with Crippen molar-refractivity contribution in [2.75, 3.05) is 19.6 Å². The van der Waals surface area contributed by atoms with Crippen LogP contribution in [-0.2, 0) is 15.1 Å². The van der Waals surface area contributed by atoms with Gasteiger partial charge < -0.3 is 16.0 Å². The molecule has 2 aliphatic rings. The number of likely N-dealkylation sites (tertiary alicyclic amines) is 1. The number of carbonyl (C=O) groups excluding carboxylic acids is 3. The van der Waals surface area contributed by atoms with Crippen LogP contribution in [0.5, 0.6) is 0 Å². The van der Waals surface area contributed by atoms with Crippen LogP contribution >= 0.6 is 0 Å². The fourth-order valence-electron chi connectivity index (χ4n) is 3.56. The van der Waals surface area contributed by atoms with Crippen molar-refractivity contribution in [1.82, 2.24) is 15.1 Å². The zero-order valence-electron chi connectivity index (χ0n) is 14.6. The predicted octanol–water partition coefficient (Wildman–Crippen LogP) is 0.712. The van der Waals surface area contributed by atoms with Gasteiger partial charge in [-0.25, -0.2) is 4.79 Å². The van der Waals surface area contributed by atoms with Gasteiger partial charge in [0.1, 0.15) is 12.1 Å². The van der Waals surface area contributed by atoms with Crippen LogP contribution in [0.1, 0.15) is 30.9 Å². The second-order valence-corrected chi connectivity index (χ2v) is 6.93. The number of hydrogen-bond donors (Lipinski definition) is 2. The lowest BCUT2D eigenvalue weighted by molar-refractivity contribution is -0.139. The molecule has 2 aliphatic heterocycles. The van der Waals surface area contributed by atoms with Crippen molar-refractivity contribution in [2.24, 2.45) is 5.73 Å². The van der Waals surface area contributed by atoms with Crippen molar-refractivity contribution in [2.45, 2.75) is 38.3 Å². The maximum absolute atomic E-state index is 12.9. The third-order valence-electron chi connectivity index (χ3n) is 5.17. The highest BCUT2D eigenvalue weighted by Gasteiger charge is 2.50. The Morgan fingerprint density at radius 2 is 2.00 bits per heavy atom. The van der Waals surface area contributed by atoms with Gasteiger partial charge in [-0.2, -0.15) is 0 Å². The molecule has 2 unspecified atom stereocenters. The Morgan fingerprint density at radius 1 is 1.32 bits per heavy atom. The third kappa shape index (κ3) is 3.00. The summed E-state index contributed by atoms with van der Waals surface area (Å²) in [5.41, 5.74) is 6.32. The van der Waals surface area contributed by atoms with Gasteiger partial charge in [0.05, 0.1) is 0 Å².